The molecule has 0 bridgehead atoms. The summed E-state index contributed by atoms with van der Waals surface area (Å²) in [5, 5.41) is 19.8. The Morgan fingerprint density at radius 3 is 2.32 bits per heavy atom. The van der Waals surface area contributed by atoms with E-state index in [1.807, 2.05) is 12.1 Å². The molecule has 0 aliphatic heterocycles. The van der Waals surface area contributed by atoms with Crippen LogP contribution in [0.2, 0.25) is 10.0 Å². The van der Waals surface area contributed by atoms with Crippen molar-refractivity contribution in [2.24, 2.45) is 0 Å². The summed E-state index contributed by atoms with van der Waals surface area (Å²) in [5.41, 5.74) is 2.25. The highest BCUT2D eigenvalue weighted by molar-refractivity contribution is 6.42. The van der Waals surface area contributed by atoms with Crippen LogP contribution >= 0.6 is 23.2 Å². The molecule has 19 heavy (non-hydrogen) atoms. The van der Waals surface area contributed by atoms with Gasteiger partial charge in [0.2, 0.25) is 0 Å². The summed E-state index contributed by atoms with van der Waals surface area (Å²) in [6, 6.07) is 14.2. The van der Waals surface area contributed by atoms with Crippen molar-refractivity contribution in [3.05, 3.63) is 69.2 Å². The molecule has 1 unspecified atom stereocenters. The maximum absolute atomic E-state index is 10.1. The van der Waals surface area contributed by atoms with Crippen molar-refractivity contribution < 1.29 is 5.11 Å². The number of nitriles is 1. The lowest BCUT2D eigenvalue weighted by Crippen LogP contribution is -2.01. The number of hydrogen-bond donors (Lipinski definition) is 1. The molecule has 0 aliphatic rings. The Morgan fingerprint density at radius 1 is 1.05 bits per heavy atom. The summed E-state index contributed by atoms with van der Waals surface area (Å²) in [6.45, 7) is 0. The maximum Gasteiger partial charge on any atom is 0.0991 e. The first-order chi connectivity index (χ1) is 9.10. The lowest BCUT2D eigenvalue weighted by molar-refractivity contribution is 0.178. The summed E-state index contributed by atoms with van der Waals surface area (Å²) in [6.07, 6.45) is -0.187. The first kappa shape index (κ1) is 13.9. The lowest BCUT2D eigenvalue weighted by atomic mass is 10.0. The van der Waals surface area contributed by atoms with Gasteiger partial charge in [0, 0.05) is 6.42 Å². The van der Waals surface area contributed by atoms with Crippen molar-refractivity contribution in [1.29, 1.82) is 5.26 Å². The van der Waals surface area contributed by atoms with E-state index in [9.17, 15) is 5.11 Å². The average Bonchev–Trinajstić information content (AvgIpc) is 2.43. The van der Waals surface area contributed by atoms with Crippen LogP contribution in [-0.2, 0) is 6.42 Å². The number of aliphatic hydroxyl groups excluding tert-OH is 1. The second-order valence-corrected chi connectivity index (χ2v) is 5.02. The summed E-state index contributed by atoms with van der Waals surface area (Å²) < 4.78 is 0. The van der Waals surface area contributed by atoms with Crippen LogP contribution < -0.4 is 0 Å². The molecule has 0 fully saturated rings. The van der Waals surface area contributed by atoms with E-state index in [0.717, 1.165) is 11.1 Å². The Labute approximate surface area is 121 Å². The molecule has 0 amide bonds. The van der Waals surface area contributed by atoms with Gasteiger partial charge in [-0.2, -0.15) is 5.26 Å². The predicted molar refractivity (Wildman–Crippen MR) is 76.3 cm³/mol. The van der Waals surface area contributed by atoms with Gasteiger partial charge in [-0.15, -0.1) is 0 Å². The standard InChI is InChI=1S/C15H11Cl2NO/c16-13-6-3-11(7-14(13)17)8-15(19)12-4-1-10(9-18)2-5-12/h1-7,15,19H,8H2. The fourth-order valence-electron chi connectivity index (χ4n) is 1.79. The third-order valence-electron chi connectivity index (χ3n) is 2.84. The van der Waals surface area contributed by atoms with Crippen LogP contribution in [0, 0.1) is 11.3 Å². The van der Waals surface area contributed by atoms with E-state index in [4.69, 9.17) is 28.5 Å². The Bertz CT molecular complexity index is 617. The topological polar surface area (TPSA) is 44.0 Å². The maximum atomic E-state index is 10.1. The normalized spacial score (nSPS) is 11.9. The van der Waals surface area contributed by atoms with Crippen LogP contribution in [-0.4, -0.2) is 5.11 Å². The van der Waals surface area contributed by atoms with Gasteiger partial charge in [0.15, 0.2) is 0 Å². The zero-order chi connectivity index (χ0) is 13.8. The molecule has 0 saturated carbocycles. The predicted octanol–water partition coefficient (Wildman–Crippen LogP) is 4.14. The van der Waals surface area contributed by atoms with E-state index >= 15 is 0 Å². The molecular weight excluding hydrogens is 281 g/mol. The minimum Gasteiger partial charge on any atom is -0.388 e. The second kappa shape index (κ2) is 6.08. The quantitative estimate of drug-likeness (QED) is 0.924. The smallest absolute Gasteiger partial charge is 0.0991 e. The van der Waals surface area contributed by atoms with E-state index in [1.165, 1.54) is 0 Å². The molecule has 2 aromatic rings. The second-order valence-electron chi connectivity index (χ2n) is 4.20. The summed E-state index contributed by atoms with van der Waals surface area (Å²) in [7, 11) is 0. The van der Waals surface area contributed by atoms with Gasteiger partial charge in [0.1, 0.15) is 0 Å². The van der Waals surface area contributed by atoms with E-state index in [0.29, 0.717) is 22.0 Å². The van der Waals surface area contributed by atoms with Crippen LogP contribution in [0.5, 0.6) is 0 Å². The number of aliphatic hydroxyl groups is 1. The van der Waals surface area contributed by atoms with Gasteiger partial charge in [0.05, 0.1) is 27.8 Å². The summed E-state index contributed by atoms with van der Waals surface area (Å²) >= 11 is 11.8. The minimum atomic E-state index is -0.634. The minimum absolute atomic E-state index is 0.447. The third-order valence-corrected chi connectivity index (χ3v) is 3.58. The molecule has 96 valence electrons. The monoisotopic (exact) mass is 291 g/mol. The Balaban J connectivity index is 2.13. The summed E-state index contributed by atoms with van der Waals surface area (Å²) in [5.74, 6) is 0. The van der Waals surface area contributed by atoms with Crippen LogP contribution in [0.15, 0.2) is 42.5 Å². The molecule has 0 saturated heterocycles. The first-order valence-electron chi connectivity index (χ1n) is 5.72. The van der Waals surface area contributed by atoms with Gasteiger partial charge in [-0.05, 0) is 35.4 Å². The first-order valence-corrected chi connectivity index (χ1v) is 6.48. The van der Waals surface area contributed by atoms with Gasteiger partial charge in [0.25, 0.3) is 0 Å². The Hall–Kier alpha value is -1.53. The van der Waals surface area contributed by atoms with Gasteiger partial charge in [-0.3, -0.25) is 0 Å². The number of halogens is 2. The molecule has 1 atom stereocenters. The van der Waals surface area contributed by atoms with Gasteiger partial charge in [-0.1, -0.05) is 41.4 Å². The van der Waals surface area contributed by atoms with Gasteiger partial charge < -0.3 is 5.11 Å². The van der Waals surface area contributed by atoms with E-state index in [2.05, 4.69) is 0 Å². The number of nitrogens with zero attached hydrogens (tertiary/aromatic N) is 1. The average molecular weight is 292 g/mol. The van der Waals surface area contributed by atoms with Crippen LogP contribution in [0.1, 0.15) is 22.8 Å². The molecular formula is C15H11Cl2NO. The fraction of sp³-hybridized carbons (Fsp3) is 0.133. The van der Waals surface area contributed by atoms with Crippen LogP contribution in [0.4, 0.5) is 0 Å². The summed E-state index contributed by atoms with van der Waals surface area (Å²) in [4.78, 5) is 0. The molecule has 0 radical (unpaired) electrons. The molecule has 2 rings (SSSR count). The van der Waals surface area contributed by atoms with Crippen molar-refractivity contribution in [3.63, 3.8) is 0 Å². The molecule has 0 aliphatic carbocycles. The molecule has 0 spiro atoms. The van der Waals surface area contributed by atoms with Crippen molar-refractivity contribution >= 4 is 23.2 Å². The van der Waals surface area contributed by atoms with E-state index in [1.54, 1.807) is 36.4 Å². The van der Waals surface area contributed by atoms with Crippen molar-refractivity contribution in [2.75, 3.05) is 0 Å². The number of benzene rings is 2. The van der Waals surface area contributed by atoms with Crippen LogP contribution in [0.3, 0.4) is 0 Å². The molecule has 2 nitrogen and oxygen atoms in total. The molecule has 4 heteroatoms. The fourth-order valence-corrected chi connectivity index (χ4v) is 2.11. The van der Waals surface area contributed by atoms with Crippen molar-refractivity contribution in [3.8, 4) is 6.07 Å². The Kier molecular flexibility index (Phi) is 4.44. The molecule has 1 N–H and O–H groups in total. The van der Waals surface area contributed by atoms with Crippen molar-refractivity contribution in [1.82, 2.24) is 0 Å². The zero-order valence-electron chi connectivity index (χ0n) is 9.98. The van der Waals surface area contributed by atoms with Crippen molar-refractivity contribution in [2.45, 2.75) is 12.5 Å². The van der Waals surface area contributed by atoms with Gasteiger partial charge in [-0.25, -0.2) is 0 Å². The van der Waals surface area contributed by atoms with E-state index in [-0.39, 0.29) is 0 Å². The molecule has 2 aromatic carbocycles. The SMILES string of the molecule is N#Cc1ccc(C(O)Cc2ccc(Cl)c(Cl)c2)cc1. The molecule has 0 heterocycles. The number of hydrogen-bond acceptors (Lipinski definition) is 2. The number of rotatable bonds is 3. The lowest BCUT2D eigenvalue weighted by Gasteiger charge is -2.11. The highest BCUT2D eigenvalue weighted by atomic mass is 35.5. The third kappa shape index (κ3) is 3.48. The van der Waals surface area contributed by atoms with Crippen LogP contribution in [0.25, 0.3) is 0 Å². The molecule has 0 aromatic heterocycles. The largest absolute Gasteiger partial charge is 0.388 e. The van der Waals surface area contributed by atoms with Gasteiger partial charge >= 0.3 is 0 Å². The van der Waals surface area contributed by atoms with E-state index < -0.39 is 6.10 Å². The zero-order valence-corrected chi connectivity index (χ0v) is 11.5. The Morgan fingerprint density at radius 2 is 1.74 bits per heavy atom. The highest BCUT2D eigenvalue weighted by Gasteiger charge is 2.09. The highest BCUT2D eigenvalue weighted by Crippen LogP contribution is 2.25.